The first-order chi connectivity index (χ1) is 11.6. The molecule has 0 radical (unpaired) electrons. The molecule has 0 saturated carbocycles. The second kappa shape index (κ2) is 7.25. The number of para-hydroxylation sites is 2. The third-order valence-electron chi connectivity index (χ3n) is 4.41. The Morgan fingerprint density at radius 3 is 2.88 bits per heavy atom. The predicted molar refractivity (Wildman–Crippen MR) is 93.9 cm³/mol. The van der Waals surface area contributed by atoms with Crippen molar-refractivity contribution in [3.63, 3.8) is 0 Å². The number of thioether (sulfide) groups is 1. The van der Waals surface area contributed by atoms with Gasteiger partial charge in [0.25, 0.3) is 0 Å². The molecule has 24 heavy (non-hydrogen) atoms. The van der Waals surface area contributed by atoms with E-state index in [1.54, 1.807) is 11.8 Å². The Balaban J connectivity index is 1.89. The number of piperidine rings is 1. The van der Waals surface area contributed by atoms with Crippen molar-refractivity contribution in [2.24, 2.45) is 0 Å². The second-order valence-electron chi connectivity index (χ2n) is 5.97. The zero-order valence-corrected chi connectivity index (χ0v) is 14.5. The molecular weight excluding hydrogens is 326 g/mol. The molecule has 1 fully saturated rings. The summed E-state index contributed by atoms with van der Waals surface area (Å²) in [5.74, 6) is 0.501. The normalized spacial score (nSPS) is 18.0. The monoisotopic (exact) mass is 347 g/mol. The van der Waals surface area contributed by atoms with Gasteiger partial charge < -0.3 is 14.6 Å². The third kappa shape index (κ3) is 3.26. The van der Waals surface area contributed by atoms with Crippen molar-refractivity contribution in [2.45, 2.75) is 37.6 Å². The van der Waals surface area contributed by atoms with Crippen LogP contribution in [0.2, 0.25) is 0 Å². The Morgan fingerprint density at radius 2 is 2.12 bits per heavy atom. The van der Waals surface area contributed by atoms with Gasteiger partial charge in [-0.2, -0.15) is 11.8 Å². The van der Waals surface area contributed by atoms with Crippen molar-refractivity contribution in [1.29, 1.82) is 0 Å². The maximum Gasteiger partial charge on any atom is 0.326 e. The topological polar surface area (TPSA) is 75.4 Å². The molecule has 0 bridgehead atoms. The standard InChI is InChI=1S/C17H21N3O3S/c1-24-11-15-18-12-6-2-3-7-13(12)20(15)10-16(21)19-9-5-4-8-14(19)17(22)23/h2-3,6-7,14H,4-5,8-11H2,1H3,(H,22,23)/t14-/m1/s1. The van der Waals surface area contributed by atoms with Crippen LogP contribution in [0.5, 0.6) is 0 Å². The highest BCUT2D eigenvalue weighted by Crippen LogP contribution is 2.22. The molecule has 0 unspecified atom stereocenters. The number of carbonyl (C=O) groups is 2. The van der Waals surface area contributed by atoms with Crippen LogP contribution in [0, 0.1) is 0 Å². The number of aromatic nitrogens is 2. The fourth-order valence-electron chi connectivity index (χ4n) is 3.25. The number of hydrogen-bond acceptors (Lipinski definition) is 4. The van der Waals surface area contributed by atoms with E-state index in [0.29, 0.717) is 18.7 Å². The Bertz CT molecular complexity index is 759. The molecule has 3 rings (SSSR count). The summed E-state index contributed by atoms with van der Waals surface area (Å²) in [6.07, 6.45) is 4.24. The van der Waals surface area contributed by atoms with Gasteiger partial charge in [-0.15, -0.1) is 0 Å². The van der Waals surface area contributed by atoms with Crippen LogP contribution in [0.25, 0.3) is 11.0 Å². The molecule has 7 heteroatoms. The Kier molecular flexibility index (Phi) is 5.08. The first kappa shape index (κ1) is 16.8. The smallest absolute Gasteiger partial charge is 0.326 e. The van der Waals surface area contributed by atoms with Gasteiger partial charge in [0, 0.05) is 6.54 Å². The van der Waals surface area contributed by atoms with E-state index in [9.17, 15) is 14.7 Å². The molecule has 2 aromatic rings. The number of imidazole rings is 1. The minimum Gasteiger partial charge on any atom is -0.480 e. The molecule has 1 aliphatic rings. The highest BCUT2D eigenvalue weighted by Gasteiger charge is 2.32. The first-order valence-corrected chi connectivity index (χ1v) is 9.46. The average molecular weight is 347 g/mol. The molecule has 0 aliphatic carbocycles. The summed E-state index contributed by atoms with van der Waals surface area (Å²) in [4.78, 5) is 30.4. The lowest BCUT2D eigenvalue weighted by molar-refractivity contribution is -0.152. The molecule has 1 saturated heterocycles. The minimum absolute atomic E-state index is 0.139. The van der Waals surface area contributed by atoms with Crippen LogP contribution in [0.15, 0.2) is 24.3 Å². The largest absolute Gasteiger partial charge is 0.480 e. The second-order valence-corrected chi connectivity index (χ2v) is 6.84. The van der Waals surface area contributed by atoms with Crippen LogP contribution in [0.4, 0.5) is 0 Å². The molecule has 6 nitrogen and oxygen atoms in total. The molecule has 1 aromatic heterocycles. The van der Waals surface area contributed by atoms with Crippen molar-refractivity contribution >= 4 is 34.7 Å². The Labute approximate surface area is 144 Å². The summed E-state index contributed by atoms with van der Waals surface area (Å²) in [6, 6.07) is 7.03. The predicted octanol–water partition coefficient (Wildman–Crippen LogP) is 2.36. The number of carbonyl (C=O) groups excluding carboxylic acids is 1. The van der Waals surface area contributed by atoms with E-state index in [-0.39, 0.29) is 12.5 Å². The number of nitrogens with zero attached hydrogens (tertiary/aromatic N) is 3. The molecule has 2 heterocycles. The number of fused-ring (bicyclic) bond motifs is 1. The minimum atomic E-state index is -0.914. The summed E-state index contributed by atoms with van der Waals surface area (Å²) in [6.45, 7) is 0.653. The molecule has 1 N–H and O–H groups in total. The summed E-state index contributed by atoms with van der Waals surface area (Å²) in [5.41, 5.74) is 1.78. The maximum atomic E-state index is 12.8. The highest BCUT2D eigenvalue weighted by atomic mass is 32.2. The van der Waals surface area contributed by atoms with E-state index in [1.807, 2.05) is 35.1 Å². The molecule has 1 aromatic carbocycles. The highest BCUT2D eigenvalue weighted by molar-refractivity contribution is 7.97. The first-order valence-electron chi connectivity index (χ1n) is 8.07. The summed E-state index contributed by atoms with van der Waals surface area (Å²) >= 11 is 1.65. The van der Waals surface area contributed by atoms with Gasteiger partial charge in [0.2, 0.25) is 5.91 Å². The maximum absolute atomic E-state index is 12.8. The fourth-order valence-corrected chi connectivity index (χ4v) is 3.73. The van der Waals surface area contributed by atoms with E-state index in [0.717, 1.165) is 29.7 Å². The number of carboxylic acids is 1. The zero-order chi connectivity index (χ0) is 17.1. The van der Waals surface area contributed by atoms with Crippen LogP contribution >= 0.6 is 11.8 Å². The van der Waals surface area contributed by atoms with Gasteiger partial charge in [0.1, 0.15) is 18.4 Å². The molecular formula is C17H21N3O3S. The zero-order valence-electron chi connectivity index (χ0n) is 13.6. The molecule has 1 aliphatic heterocycles. The quantitative estimate of drug-likeness (QED) is 0.899. The third-order valence-corrected chi connectivity index (χ3v) is 4.96. The summed E-state index contributed by atoms with van der Waals surface area (Å²) < 4.78 is 1.92. The van der Waals surface area contributed by atoms with Gasteiger partial charge in [-0.05, 0) is 37.7 Å². The van der Waals surface area contributed by atoms with E-state index in [1.165, 1.54) is 4.90 Å². The summed E-state index contributed by atoms with van der Waals surface area (Å²) in [5, 5.41) is 9.38. The van der Waals surface area contributed by atoms with Crippen molar-refractivity contribution in [1.82, 2.24) is 14.5 Å². The van der Waals surface area contributed by atoms with Gasteiger partial charge >= 0.3 is 5.97 Å². The molecule has 128 valence electrons. The molecule has 1 atom stereocenters. The SMILES string of the molecule is CSCc1nc2ccccc2n1CC(=O)N1CCCC[C@@H]1C(=O)O. The number of aliphatic carboxylic acids is 1. The van der Waals surface area contributed by atoms with Gasteiger partial charge in [0.05, 0.1) is 16.8 Å². The van der Waals surface area contributed by atoms with Gasteiger partial charge in [-0.25, -0.2) is 9.78 Å². The van der Waals surface area contributed by atoms with E-state index in [4.69, 9.17) is 0 Å². The van der Waals surface area contributed by atoms with E-state index >= 15 is 0 Å². The molecule has 0 spiro atoms. The van der Waals surface area contributed by atoms with Crippen molar-refractivity contribution in [3.05, 3.63) is 30.1 Å². The van der Waals surface area contributed by atoms with Crippen LogP contribution in [0.1, 0.15) is 25.1 Å². The van der Waals surface area contributed by atoms with Gasteiger partial charge in [0.15, 0.2) is 0 Å². The molecule has 1 amide bonds. The van der Waals surface area contributed by atoms with Crippen molar-refractivity contribution in [2.75, 3.05) is 12.8 Å². The van der Waals surface area contributed by atoms with Crippen molar-refractivity contribution < 1.29 is 14.7 Å². The number of likely N-dealkylation sites (tertiary alicyclic amines) is 1. The Hall–Kier alpha value is -2.02. The van der Waals surface area contributed by atoms with Crippen LogP contribution in [-0.4, -0.2) is 50.3 Å². The number of amides is 1. The number of rotatable bonds is 5. The van der Waals surface area contributed by atoms with Gasteiger partial charge in [-0.1, -0.05) is 12.1 Å². The van der Waals surface area contributed by atoms with E-state index in [2.05, 4.69) is 4.98 Å². The average Bonchev–Trinajstić information content (AvgIpc) is 2.93. The number of benzene rings is 1. The van der Waals surface area contributed by atoms with E-state index < -0.39 is 12.0 Å². The number of hydrogen-bond donors (Lipinski definition) is 1. The lowest BCUT2D eigenvalue weighted by Crippen LogP contribution is -2.49. The van der Waals surface area contributed by atoms with Crippen LogP contribution < -0.4 is 0 Å². The Morgan fingerprint density at radius 1 is 1.33 bits per heavy atom. The van der Waals surface area contributed by atoms with Crippen LogP contribution in [-0.2, 0) is 21.9 Å². The fraction of sp³-hybridized carbons (Fsp3) is 0.471. The lowest BCUT2D eigenvalue weighted by atomic mass is 10.0. The number of carboxylic acid groups (broad SMARTS) is 1. The van der Waals surface area contributed by atoms with Crippen LogP contribution in [0.3, 0.4) is 0 Å². The summed E-state index contributed by atoms with van der Waals surface area (Å²) in [7, 11) is 0. The van der Waals surface area contributed by atoms with Crippen molar-refractivity contribution in [3.8, 4) is 0 Å². The lowest BCUT2D eigenvalue weighted by Gasteiger charge is -2.33. The van der Waals surface area contributed by atoms with Gasteiger partial charge in [-0.3, -0.25) is 4.79 Å².